The van der Waals surface area contributed by atoms with Crippen LogP contribution in [0.1, 0.15) is 45.4 Å². The Bertz CT molecular complexity index is 227. The van der Waals surface area contributed by atoms with Gasteiger partial charge in [0.05, 0.1) is 6.10 Å². The van der Waals surface area contributed by atoms with E-state index in [-0.39, 0.29) is 6.10 Å². The topological polar surface area (TPSA) is 58.9 Å². The van der Waals surface area contributed by atoms with Crippen molar-refractivity contribution in [1.82, 2.24) is 0 Å². The highest BCUT2D eigenvalue weighted by Crippen LogP contribution is 2.25. The van der Waals surface area contributed by atoms with Gasteiger partial charge in [0.15, 0.2) is 6.29 Å². The molecule has 1 aliphatic rings. The second kappa shape index (κ2) is 10.00. The summed E-state index contributed by atoms with van der Waals surface area (Å²) in [4.78, 5) is 0. The normalized spacial score (nSPS) is 30.9. The molecule has 1 unspecified atom stereocenters. The van der Waals surface area contributed by atoms with E-state index in [9.17, 15) is 10.2 Å². The van der Waals surface area contributed by atoms with Crippen LogP contribution in [0.25, 0.3) is 0 Å². The zero-order valence-electron chi connectivity index (χ0n) is 12.1. The van der Waals surface area contributed by atoms with Gasteiger partial charge in [-0.25, -0.2) is 0 Å². The van der Waals surface area contributed by atoms with Gasteiger partial charge >= 0.3 is 0 Å². The number of hydrogen-bond donors (Lipinski definition) is 2. The fraction of sp³-hybridized carbons (Fsp3) is 1.00. The molecule has 1 heterocycles. The summed E-state index contributed by atoms with van der Waals surface area (Å²) in [7, 11) is 1.48. The minimum Gasteiger partial charge on any atom is -0.387 e. The predicted octanol–water partition coefficient (Wildman–Crippen LogP) is 2.17. The standard InChI is InChI=1S/C14H28O4S/c1-3-4-5-6-7-8-9-19-10-11-12(15)13(16)14(17-2)18-11/h11-16H,3-10H2,1-2H3/t11-,12+,13-,14?/m1/s1. The lowest BCUT2D eigenvalue weighted by Crippen LogP contribution is -2.33. The first-order valence-electron chi connectivity index (χ1n) is 7.32. The molecule has 1 rings (SSSR count). The summed E-state index contributed by atoms with van der Waals surface area (Å²) in [6.07, 6.45) is 5.03. The van der Waals surface area contributed by atoms with Crippen LogP contribution in [0.2, 0.25) is 0 Å². The number of aliphatic hydroxyl groups excluding tert-OH is 2. The van der Waals surface area contributed by atoms with E-state index in [1.807, 2.05) is 0 Å². The van der Waals surface area contributed by atoms with Crippen LogP contribution < -0.4 is 0 Å². The van der Waals surface area contributed by atoms with Crippen LogP contribution in [0.15, 0.2) is 0 Å². The molecule has 0 spiro atoms. The molecule has 4 atom stereocenters. The molecule has 0 radical (unpaired) electrons. The van der Waals surface area contributed by atoms with Gasteiger partial charge in [-0.05, 0) is 12.2 Å². The van der Waals surface area contributed by atoms with E-state index in [1.54, 1.807) is 11.8 Å². The molecule has 1 saturated heterocycles. The van der Waals surface area contributed by atoms with Crippen molar-refractivity contribution in [3.8, 4) is 0 Å². The van der Waals surface area contributed by atoms with Crippen molar-refractivity contribution in [2.45, 2.75) is 70.1 Å². The molecule has 5 heteroatoms. The van der Waals surface area contributed by atoms with Crippen LogP contribution in [0.5, 0.6) is 0 Å². The zero-order valence-corrected chi connectivity index (χ0v) is 12.9. The van der Waals surface area contributed by atoms with Crippen molar-refractivity contribution in [3.05, 3.63) is 0 Å². The van der Waals surface area contributed by atoms with Crippen LogP contribution in [-0.4, -0.2) is 53.4 Å². The van der Waals surface area contributed by atoms with Crippen LogP contribution in [0.3, 0.4) is 0 Å². The van der Waals surface area contributed by atoms with Crippen molar-refractivity contribution < 1.29 is 19.7 Å². The van der Waals surface area contributed by atoms with Gasteiger partial charge < -0.3 is 19.7 Å². The number of thioether (sulfide) groups is 1. The van der Waals surface area contributed by atoms with Gasteiger partial charge in [-0.1, -0.05) is 39.0 Å². The third kappa shape index (κ3) is 6.00. The third-order valence-corrected chi connectivity index (χ3v) is 4.62. The molecule has 4 nitrogen and oxygen atoms in total. The third-order valence-electron chi connectivity index (χ3n) is 3.48. The fourth-order valence-electron chi connectivity index (χ4n) is 2.23. The van der Waals surface area contributed by atoms with E-state index in [2.05, 4.69) is 6.92 Å². The smallest absolute Gasteiger partial charge is 0.186 e. The van der Waals surface area contributed by atoms with Gasteiger partial charge in [0.2, 0.25) is 0 Å². The molecule has 1 aliphatic heterocycles. The highest BCUT2D eigenvalue weighted by atomic mass is 32.2. The fourth-order valence-corrected chi connectivity index (χ4v) is 3.31. The van der Waals surface area contributed by atoms with Crippen LogP contribution in [0, 0.1) is 0 Å². The minimum atomic E-state index is -0.926. The summed E-state index contributed by atoms with van der Waals surface area (Å²) in [6, 6.07) is 0. The number of ether oxygens (including phenoxy) is 2. The summed E-state index contributed by atoms with van der Waals surface area (Å²) in [5.74, 6) is 1.81. The maximum Gasteiger partial charge on any atom is 0.186 e. The Kier molecular flexibility index (Phi) is 9.07. The summed E-state index contributed by atoms with van der Waals surface area (Å²) in [5, 5.41) is 19.4. The van der Waals surface area contributed by atoms with Gasteiger partial charge in [0, 0.05) is 12.9 Å². The maximum absolute atomic E-state index is 9.79. The monoisotopic (exact) mass is 292 g/mol. The first-order chi connectivity index (χ1) is 9.20. The average molecular weight is 292 g/mol. The van der Waals surface area contributed by atoms with Gasteiger partial charge in [-0.15, -0.1) is 0 Å². The van der Waals surface area contributed by atoms with Gasteiger partial charge in [0.25, 0.3) is 0 Å². The van der Waals surface area contributed by atoms with Crippen LogP contribution >= 0.6 is 11.8 Å². The van der Waals surface area contributed by atoms with Crippen molar-refractivity contribution in [2.24, 2.45) is 0 Å². The van der Waals surface area contributed by atoms with E-state index < -0.39 is 18.5 Å². The SMILES string of the molecule is CCCCCCCCSC[C@H]1OC(OC)[C@H](O)[C@H]1O. The first kappa shape index (κ1) is 17.2. The highest BCUT2D eigenvalue weighted by molar-refractivity contribution is 7.99. The molecule has 0 aromatic rings. The molecule has 19 heavy (non-hydrogen) atoms. The first-order valence-corrected chi connectivity index (χ1v) is 8.48. The Morgan fingerprint density at radius 3 is 2.37 bits per heavy atom. The van der Waals surface area contributed by atoms with Gasteiger partial charge in [0.1, 0.15) is 12.2 Å². The number of aliphatic hydroxyl groups is 2. The molecule has 0 amide bonds. The summed E-state index contributed by atoms with van der Waals surface area (Å²) < 4.78 is 10.4. The summed E-state index contributed by atoms with van der Waals surface area (Å²) in [6.45, 7) is 2.23. The quantitative estimate of drug-likeness (QED) is 0.604. The zero-order chi connectivity index (χ0) is 14.1. The second-order valence-corrected chi connectivity index (χ2v) is 6.25. The Labute approximate surface area is 120 Å². The second-order valence-electron chi connectivity index (χ2n) is 5.10. The summed E-state index contributed by atoms with van der Waals surface area (Å²) in [5.41, 5.74) is 0. The molecule has 2 N–H and O–H groups in total. The summed E-state index contributed by atoms with van der Waals surface area (Å²) >= 11 is 1.78. The number of rotatable bonds is 10. The molecule has 0 aromatic heterocycles. The van der Waals surface area contributed by atoms with E-state index in [0.717, 1.165) is 5.75 Å². The van der Waals surface area contributed by atoms with Crippen LogP contribution in [0.4, 0.5) is 0 Å². The van der Waals surface area contributed by atoms with Gasteiger partial charge in [-0.2, -0.15) is 11.8 Å². The Balaban J connectivity index is 2.01. The molecule has 0 aromatic carbocycles. The number of methoxy groups -OCH3 is 1. The van der Waals surface area contributed by atoms with Crippen LogP contribution in [-0.2, 0) is 9.47 Å². The largest absolute Gasteiger partial charge is 0.387 e. The van der Waals surface area contributed by atoms with E-state index in [0.29, 0.717) is 5.75 Å². The lowest BCUT2D eigenvalue weighted by Gasteiger charge is -2.13. The molecular weight excluding hydrogens is 264 g/mol. The number of hydrogen-bond acceptors (Lipinski definition) is 5. The van der Waals surface area contributed by atoms with E-state index in [1.165, 1.54) is 45.6 Å². The Hall–Kier alpha value is 0.190. The molecule has 0 aliphatic carbocycles. The molecule has 114 valence electrons. The molecule has 0 bridgehead atoms. The Morgan fingerprint density at radius 1 is 1.05 bits per heavy atom. The lowest BCUT2D eigenvalue weighted by atomic mass is 10.1. The Morgan fingerprint density at radius 2 is 1.74 bits per heavy atom. The van der Waals surface area contributed by atoms with E-state index >= 15 is 0 Å². The average Bonchev–Trinajstić information content (AvgIpc) is 2.69. The lowest BCUT2D eigenvalue weighted by molar-refractivity contribution is -0.145. The van der Waals surface area contributed by atoms with Crippen molar-refractivity contribution in [2.75, 3.05) is 18.6 Å². The molecule has 0 saturated carbocycles. The van der Waals surface area contributed by atoms with E-state index in [4.69, 9.17) is 9.47 Å². The van der Waals surface area contributed by atoms with Crippen molar-refractivity contribution in [1.29, 1.82) is 0 Å². The maximum atomic E-state index is 9.79. The highest BCUT2D eigenvalue weighted by Gasteiger charge is 2.42. The molecule has 1 fully saturated rings. The number of unbranched alkanes of at least 4 members (excludes halogenated alkanes) is 5. The molecular formula is C14H28O4S. The minimum absolute atomic E-state index is 0.315. The predicted molar refractivity (Wildman–Crippen MR) is 78.4 cm³/mol. The van der Waals surface area contributed by atoms with Gasteiger partial charge in [-0.3, -0.25) is 0 Å². The van der Waals surface area contributed by atoms with Crippen molar-refractivity contribution in [3.63, 3.8) is 0 Å². The van der Waals surface area contributed by atoms with Crippen molar-refractivity contribution >= 4 is 11.8 Å².